The van der Waals surface area contributed by atoms with Gasteiger partial charge in [-0.3, -0.25) is 10.1 Å². The van der Waals surface area contributed by atoms with Crippen LogP contribution in [0, 0.1) is 0 Å². The summed E-state index contributed by atoms with van der Waals surface area (Å²) in [4.78, 5) is 13.3. The third kappa shape index (κ3) is 2.29. The minimum atomic E-state index is -0.711. The van der Waals surface area contributed by atoms with Gasteiger partial charge in [-0.15, -0.1) is 11.8 Å². The first-order valence-corrected chi connectivity index (χ1v) is 6.50. The lowest BCUT2D eigenvalue weighted by atomic mass is 10.0. The van der Waals surface area contributed by atoms with Gasteiger partial charge in [0.25, 0.3) is 0 Å². The molecule has 2 heterocycles. The summed E-state index contributed by atoms with van der Waals surface area (Å²) < 4.78 is 0. The van der Waals surface area contributed by atoms with E-state index in [9.17, 15) is 4.79 Å². The van der Waals surface area contributed by atoms with Gasteiger partial charge < -0.3 is 10.0 Å². The topological polar surface area (TPSA) is 52.6 Å². The Labute approximate surface area is 94.4 Å². The van der Waals surface area contributed by atoms with Crippen LogP contribution in [-0.2, 0) is 4.79 Å². The van der Waals surface area contributed by atoms with Gasteiger partial charge in [0.2, 0.25) is 0 Å². The fraction of sp³-hybridized carbons (Fsp3) is 0.900. The van der Waals surface area contributed by atoms with E-state index in [-0.39, 0.29) is 10.9 Å². The number of hydrogen-bond donors (Lipinski definition) is 2. The number of likely N-dealkylation sites (tertiary alicyclic amines) is 1. The van der Waals surface area contributed by atoms with Gasteiger partial charge in [-0.25, -0.2) is 0 Å². The molecule has 0 aromatic carbocycles. The van der Waals surface area contributed by atoms with Crippen LogP contribution in [0.3, 0.4) is 0 Å². The van der Waals surface area contributed by atoms with E-state index in [0.29, 0.717) is 5.75 Å². The number of aliphatic carboxylic acids is 1. The summed E-state index contributed by atoms with van der Waals surface area (Å²) in [5.74, 6) is -0.00106. The van der Waals surface area contributed by atoms with Gasteiger partial charge in [-0.2, -0.15) is 0 Å². The first-order valence-electron chi connectivity index (χ1n) is 5.52. The highest BCUT2D eigenvalue weighted by atomic mass is 32.2. The normalized spacial score (nSPS) is 30.9. The summed E-state index contributed by atoms with van der Waals surface area (Å²) in [5.41, 5.74) is 0. The maximum absolute atomic E-state index is 10.9. The van der Waals surface area contributed by atoms with Gasteiger partial charge in [0.15, 0.2) is 0 Å². The average Bonchev–Trinajstić information content (AvgIpc) is 2.64. The summed E-state index contributed by atoms with van der Waals surface area (Å²) in [6, 6.07) is -0.344. The van der Waals surface area contributed by atoms with Crippen LogP contribution in [0.15, 0.2) is 0 Å². The number of nitrogens with zero attached hydrogens (tertiary/aromatic N) is 1. The lowest BCUT2D eigenvalue weighted by Crippen LogP contribution is -2.51. The van der Waals surface area contributed by atoms with Crippen LogP contribution >= 0.6 is 11.8 Å². The zero-order valence-corrected chi connectivity index (χ0v) is 9.85. The SMILES string of the molecule is CCN1CCC2(CC1)N[C@H](C(=O)O)CS2. The molecule has 0 amide bonds. The van der Waals surface area contributed by atoms with E-state index < -0.39 is 5.97 Å². The van der Waals surface area contributed by atoms with E-state index in [0.717, 1.165) is 32.5 Å². The highest BCUT2D eigenvalue weighted by molar-refractivity contribution is 8.01. The predicted octanol–water partition coefficient (Wildman–Crippen LogP) is 0.588. The Morgan fingerprint density at radius 2 is 2.27 bits per heavy atom. The average molecular weight is 230 g/mol. The first kappa shape index (κ1) is 11.2. The van der Waals surface area contributed by atoms with Crippen LogP contribution in [-0.4, -0.2) is 52.3 Å². The highest BCUT2D eigenvalue weighted by Crippen LogP contribution is 2.38. The summed E-state index contributed by atoms with van der Waals surface area (Å²) in [5, 5.41) is 12.2. The minimum Gasteiger partial charge on any atom is -0.480 e. The van der Waals surface area contributed by atoms with Crippen molar-refractivity contribution in [3.8, 4) is 0 Å². The molecule has 0 radical (unpaired) electrons. The molecule has 0 aromatic heterocycles. The van der Waals surface area contributed by atoms with Crippen molar-refractivity contribution in [2.24, 2.45) is 0 Å². The zero-order valence-electron chi connectivity index (χ0n) is 9.03. The second kappa shape index (κ2) is 4.31. The van der Waals surface area contributed by atoms with Gasteiger partial charge in [-0.1, -0.05) is 6.92 Å². The van der Waals surface area contributed by atoms with E-state index in [2.05, 4.69) is 17.1 Å². The molecule has 0 aromatic rings. The third-order valence-electron chi connectivity index (χ3n) is 3.37. The Hall–Kier alpha value is -0.260. The van der Waals surface area contributed by atoms with Crippen molar-refractivity contribution in [2.45, 2.75) is 30.7 Å². The van der Waals surface area contributed by atoms with E-state index in [1.807, 2.05) is 0 Å². The lowest BCUT2D eigenvalue weighted by molar-refractivity contribution is -0.139. The van der Waals surface area contributed by atoms with Gasteiger partial charge in [0.1, 0.15) is 6.04 Å². The fourth-order valence-electron chi connectivity index (χ4n) is 2.30. The van der Waals surface area contributed by atoms with Gasteiger partial charge in [-0.05, 0) is 19.4 Å². The number of thioether (sulfide) groups is 1. The number of nitrogens with one attached hydrogen (secondary N) is 1. The minimum absolute atomic E-state index is 0.0503. The standard InChI is InChI=1S/C10H18N2O2S/c1-2-12-5-3-10(4-6-12)11-8(7-15-10)9(13)14/h8,11H,2-7H2,1H3,(H,13,14)/t8-/m0/s1. The quantitative estimate of drug-likeness (QED) is 0.727. The van der Waals surface area contributed by atoms with Crippen LogP contribution in [0.2, 0.25) is 0 Å². The number of piperidine rings is 1. The summed E-state index contributed by atoms with van der Waals surface area (Å²) in [6.45, 7) is 5.45. The molecule has 0 saturated carbocycles. The van der Waals surface area contributed by atoms with Crippen molar-refractivity contribution in [3.63, 3.8) is 0 Å². The fourth-order valence-corrected chi connectivity index (χ4v) is 3.70. The van der Waals surface area contributed by atoms with Crippen molar-refractivity contribution in [1.82, 2.24) is 10.2 Å². The molecule has 2 aliphatic heterocycles. The van der Waals surface area contributed by atoms with Crippen molar-refractivity contribution < 1.29 is 9.90 Å². The molecular weight excluding hydrogens is 212 g/mol. The second-order valence-electron chi connectivity index (χ2n) is 4.27. The molecule has 2 fully saturated rings. The number of hydrogen-bond acceptors (Lipinski definition) is 4. The number of carbonyl (C=O) groups is 1. The lowest BCUT2D eigenvalue weighted by Gasteiger charge is -2.38. The van der Waals surface area contributed by atoms with E-state index >= 15 is 0 Å². The van der Waals surface area contributed by atoms with Gasteiger partial charge >= 0.3 is 5.97 Å². The second-order valence-corrected chi connectivity index (χ2v) is 5.68. The Balaban J connectivity index is 1.92. The van der Waals surface area contributed by atoms with Crippen LogP contribution in [0.25, 0.3) is 0 Å². The largest absolute Gasteiger partial charge is 0.480 e. The molecule has 0 unspecified atom stereocenters. The van der Waals surface area contributed by atoms with Gasteiger partial charge in [0.05, 0.1) is 4.87 Å². The molecule has 0 bridgehead atoms. The van der Waals surface area contributed by atoms with E-state index in [1.54, 1.807) is 11.8 Å². The van der Waals surface area contributed by atoms with E-state index in [4.69, 9.17) is 5.11 Å². The molecule has 15 heavy (non-hydrogen) atoms. The van der Waals surface area contributed by atoms with Crippen LogP contribution in [0.5, 0.6) is 0 Å². The van der Waals surface area contributed by atoms with Crippen LogP contribution in [0.4, 0.5) is 0 Å². The molecule has 2 saturated heterocycles. The van der Waals surface area contributed by atoms with Crippen LogP contribution in [0.1, 0.15) is 19.8 Å². The molecule has 5 heteroatoms. The Kier molecular flexibility index (Phi) is 3.23. The third-order valence-corrected chi connectivity index (χ3v) is 4.95. The molecule has 2 aliphatic rings. The number of carboxylic acids is 1. The Morgan fingerprint density at radius 1 is 1.60 bits per heavy atom. The first-order chi connectivity index (χ1) is 7.15. The van der Waals surface area contributed by atoms with E-state index in [1.165, 1.54) is 0 Å². The monoisotopic (exact) mass is 230 g/mol. The molecule has 1 atom stereocenters. The molecule has 2 rings (SSSR count). The Morgan fingerprint density at radius 3 is 2.73 bits per heavy atom. The van der Waals surface area contributed by atoms with Crippen molar-refractivity contribution in [1.29, 1.82) is 0 Å². The van der Waals surface area contributed by atoms with Crippen molar-refractivity contribution >= 4 is 17.7 Å². The summed E-state index contributed by atoms with van der Waals surface area (Å²) in [7, 11) is 0. The van der Waals surface area contributed by atoms with Crippen LogP contribution < -0.4 is 5.32 Å². The predicted molar refractivity (Wildman–Crippen MR) is 61.1 cm³/mol. The molecule has 1 spiro atoms. The summed E-state index contributed by atoms with van der Waals surface area (Å²) >= 11 is 1.80. The van der Waals surface area contributed by atoms with Crippen molar-refractivity contribution in [2.75, 3.05) is 25.4 Å². The maximum Gasteiger partial charge on any atom is 0.321 e. The molecule has 0 aliphatic carbocycles. The number of carboxylic acid groups (broad SMARTS) is 1. The highest BCUT2D eigenvalue weighted by Gasteiger charge is 2.43. The maximum atomic E-state index is 10.9. The molecule has 4 nitrogen and oxygen atoms in total. The summed E-state index contributed by atoms with van der Waals surface area (Å²) in [6.07, 6.45) is 2.13. The zero-order chi connectivity index (χ0) is 10.9. The Bertz CT molecular complexity index is 252. The molecule has 86 valence electrons. The molecule has 2 N–H and O–H groups in total. The smallest absolute Gasteiger partial charge is 0.321 e. The molecular formula is C10H18N2O2S. The van der Waals surface area contributed by atoms with Gasteiger partial charge in [0, 0.05) is 18.8 Å². The number of rotatable bonds is 2. The van der Waals surface area contributed by atoms with Crippen molar-refractivity contribution in [3.05, 3.63) is 0 Å².